The lowest BCUT2D eigenvalue weighted by Gasteiger charge is -2.19. The molecule has 0 fully saturated rings. The number of hydrogen-bond donors (Lipinski definition) is 1. The monoisotopic (exact) mass is 300 g/mol. The van der Waals surface area contributed by atoms with Crippen molar-refractivity contribution in [1.29, 1.82) is 0 Å². The van der Waals surface area contributed by atoms with Gasteiger partial charge in [0.05, 0.1) is 6.61 Å². The van der Waals surface area contributed by atoms with Gasteiger partial charge in [-0.3, -0.25) is 9.63 Å². The third kappa shape index (κ3) is 15.3. The number of carbonyl (C=O) groups excluding carboxylic acids is 1. The van der Waals surface area contributed by atoms with Crippen molar-refractivity contribution in [1.82, 2.24) is 10.4 Å². The third-order valence-corrected chi connectivity index (χ3v) is 2.90. The topological polar surface area (TPSA) is 41.6 Å². The molecule has 21 heavy (non-hydrogen) atoms. The molecule has 1 atom stereocenters. The van der Waals surface area contributed by atoms with Gasteiger partial charge < -0.3 is 5.32 Å². The minimum atomic E-state index is 0.00319. The van der Waals surface area contributed by atoms with E-state index in [1.165, 1.54) is 5.57 Å². The molecule has 0 aromatic carbocycles. The average Bonchev–Trinajstić information content (AvgIpc) is 2.39. The zero-order valence-electron chi connectivity index (χ0n) is 15.3. The molecule has 0 aromatic rings. The number of carbonyl (C=O) groups is 1. The fraction of sp³-hybridized carbons (Fsp3) is 0.824. The Morgan fingerprint density at radius 2 is 1.86 bits per heavy atom. The van der Waals surface area contributed by atoms with E-state index in [9.17, 15) is 4.79 Å². The second-order valence-electron chi connectivity index (χ2n) is 5.61. The lowest BCUT2D eigenvalue weighted by atomic mass is 10.1. The van der Waals surface area contributed by atoms with Crippen molar-refractivity contribution in [3.05, 3.63) is 11.6 Å². The predicted octanol–water partition coefficient (Wildman–Crippen LogP) is 3.78. The van der Waals surface area contributed by atoms with Crippen LogP contribution in [0.4, 0.5) is 0 Å². The second-order valence-corrected chi connectivity index (χ2v) is 5.61. The molecule has 0 aromatic heterocycles. The van der Waals surface area contributed by atoms with Crippen LogP contribution < -0.4 is 5.32 Å². The van der Waals surface area contributed by atoms with Gasteiger partial charge in [-0.15, -0.1) is 0 Å². The lowest BCUT2D eigenvalue weighted by molar-refractivity contribution is -0.156. The smallest absolute Gasteiger partial charge is 0.236 e. The van der Waals surface area contributed by atoms with Crippen LogP contribution in [0, 0.1) is 5.92 Å². The van der Waals surface area contributed by atoms with Crippen LogP contribution in [0.15, 0.2) is 11.6 Å². The normalized spacial score (nSPS) is 13.0. The zero-order valence-corrected chi connectivity index (χ0v) is 15.3. The van der Waals surface area contributed by atoms with Crippen molar-refractivity contribution in [3.8, 4) is 0 Å². The highest BCUT2D eigenvalue weighted by Crippen LogP contribution is 2.04. The van der Waals surface area contributed by atoms with Gasteiger partial charge in [-0.05, 0) is 39.5 Å². The predicted molar refractivity (Wildman–Crippen MR) is 91.0 cm³/mol. The fourth-order valence-electron chi connectivity index (χ4n) is 1.66. The molecule has 1 unspecified atom stereocenters. The number of allylic oxidation sites excluding steroid dienone is 1. The van der Waals surface area contributed by atoms with E-state index < -0.39 is 0 Å². The zero-order chi connectivity index (χ0) is 16.8. The van der Waals surface area contributed by atoms with E-state index in [1.807, 2.05) is 27.7 Å². The molecule has 0 heterocycles. The quantitative estimate of drug-likeness (QED) is 0.520. The van der Waals surface area contributed by atoms with Gasteiger partial charge in [0.1, 0.15) is 6.54 Å². The Morgan fingerprint density at radius 1 is 1.29 bits per heavy atom. The first-order valence-electron chi connectivity index (χ1n) is 8.10. The molecule has 4 heteroatoms. The Bertz CT molecular complexity index is 289. The molecular weight excluding hydrogens is 264 g/mol. The van der Waals surface area contributed by atoms with E-state index in [-0.39, 0.29) is 18.5 Å². The molecular formula is C17H36N2O2. The first-order chi connectivity index (χ1) is 9.85. The van der Waals surface area contributed by atoms with Crippen molar-refractivity contribution >= 4 is 5.91 Å². The van der Waals surface area contributed by atoms with Crippen molar-refractivity contribution in [2.75, 3.05) is 20.2 Å². The highest BCUT2D eigenvalue weighted by Gasteiger charge is 2.10. The first kappa shape index (κ1) is 22.4. The minimum absolute atomic E-state index is 0.00319. The van der Waals surface area contributed by atoms with E-state index in [0.29, 0.717) is 12.5 Å². The van der Waals surface area contributed by atoms with Crippen LogP contribution >= 0.6 is 0 Å². The number of rotatable bonds is 9. The molecule has 0 aliphatic heterocycles. The number of nitrogens with one attached hydrogen (secondary N) is 1. The molecule has 1 N–H and O–H groups in total. The van der Waals surface area contributed by atoms with Crippen LogP contribution in [0.3, 0.4) is 0 Å². The summed E-state index contributed by atoms with van der Waals surface area (Å²) < 4.78 is 0. The molecule has 0 aliphatic carbocycles. The largest absolute Gasteiger partial charge is 0.352 e. The first-order valence-corrected chi connectivity index (χ1v) is 8.10. The van der Waals surface area contributed by atoms with E-state index in [2.05, 4.69) is 32.2 Å². The maximum absolute atomic E-state index is 11.8. The summed E-state index contributed by atoms with van der Waals surface area (Å²) in [6.07, 6.45) is 3.97. The molecule has 1 amide bonds. The second kappa shape index (κ2) is 14.1. The molecule has 0 aliphatic rings. The number of nitrogens with zero attached hydrogens (tertiary/aromatic N) is 1. The number of likely N-dealkylation sites (N-methyl/N-ethyl adjacent to an activating group) is 1. The molecule has 0 saturated heterocycles. The summed E-state index contributed by atoms with van der Waals surface area (Å²) in [5.74, 6) is 0.620. The van der Waals surface area contributed by atoms with Crippen LogP contribution in [0.2, 0.25) is 0 Å². The number of hydrogen-bond acceptors (Lipinski definition) is 3. The maximum Gasteiger partial charge on any atom is 0.236 e. The van der Waals surface area contributed by atoms with Crippen LogP contribution in [-0.2, 0) is 9.63 Å². The molecule has 4 nitrogen and oxygen atoms in total. The molecule has 0 saturated carbocycles. The summed E-state index contributed by atoms with van der Waals surface area (Å²) in [6.45, 7) is 15.4. The highest BCUT2D eigenvalue weighted by molar-refractivity contribution is 5.78. The van der Waals surface area contributed by atoms with Crippen molar-refractivity contribution in [3.63, 3.8) is 0 Å². The maximum atomic E-state index is 11.8. The Kier molecular flexibility index (Phi) is 15.0. The van der Waals surface area contributed by atoms with Crippen LogP contribution in [0.5, 0.6) is 0 Å². The minimum Gasteiger partial charge on any atom is -0.352 e. The van der Waals surface area contributed by atoms with Gasteiger partial charge in [0.2, 0.25) is 5.91 Å². The molecule has 0 bridgehead atoms. The van der Waals surface area contributed by atoms with Gasteiger partial charge in [-0.1, -0.05) is 39.3 Å². The van der Waals surface area contributed by atoms with E-state index in [4.69, 9.17) is 4.84 Å². The lowest BCUT2D eigenvalue weighted by Crippen LogP contribution is -2.40. The standard InChI is InChI=1S/C15H30N2O2.C2H6/c1-7-13(4)10-14(5)16-15(18)11-17(6)19-9-8-12(2)3;1-2/h7,12,14H,8-11H2,1-6H3,(H,16,18);1-2H3/b13-7+;. The average molecular weight is 300 g/mol. The van der Waals surface area contributed by atoms with E-state index >= 15 is 0 Å². The fourth-order valence-corrected chi connectivity index (χ4v) is 1.66. The summed E-state index contributed by atoms with van der Waals surface area (Å²) in [4.78, 5) is 17.2. The molecule has 0 spiro atoms. The Morgan fingerprint density at radius 3 is 2.33 bits per heavy atom. The van der Waals surface area contributed by atoms with Gasteiger partial charge in [0.25, 0.3) is 0 Å². The summed E-state index contributed by atoms with van der Waals surface area (Å²) in [7, 11) is 1.79. The number of amides is 1. The Labute approximate surface area is 131 Å². The van der Waals surface area contributed by atoms with Crippen molar-refractivity contribution < 1.29 is 9.63 Å². The summed E-state index contributed by atoms with van der Waals surface area (Å²) >= 11 is 0. The molecule has 126 valence electrons. The van der Waals surface area contributed by atoms with Gasteiger partial charge in [-0.25, -0.2) is 0 Å². The van der Waals surface area contributed by atoms with Gasteiger partial charge >= 0.3 is 0 Å². The summed E-state index contributed by atoms with van der Waals surface area (Å²) in [5.41, 5.74) is 1.29. The Balaban J connectivity index is 0. The number of hydroxylamine groups is 2. The van der Waals surface area contributed by atoms with Crippen molar-refractivity contribution in [2.24, 2.45) is 5.92 Å². The van der Waals surface area contributed by atoms with E-state index in [1.54, 1.807) is 12.1 Å². The summed E-state index contributed by atoms with van der Waals surface area (Å²) in [5, 5.41) is 4.58. The van der Waals surface area contributed by atoms with Crippen LogP contribution in [0.25, 0.3) is 0 Å². The Hall–Kier alpha value is -0.870. The van der Waals surface area contributed by atoms with Crippen LogP contribution in [-0.4, -0.2) is 37.2 Å². The SMILES string of the molecule is C/C=C(\C)CC(C)NC(=O)CN(C)OCCC(C)C.CC. The summed E-state index contributed by atoms with van der Waals surface area (Å²) in [6, 6.07) is 0.160. The van der Waals surface area contributed by atoms with Crippen LogP contribution in [0.1, 0.15) is 61.3 Å². The third-order valence-electron chi connectivity index (χ3n) is 2.90. The molecule has 0 radical (unpaired) electrons. The van der Waals surface area contributed by atoms with Gasteiger partial charge in [0.15, 0.2) is 0 Å². The molecule has 0 rings (SSSR count). The van der Waals surface area contributed by atoms with Gasteiger partial charge in [-0.2, -0.15) is 5.06 Å². The highest BCUT2D eigenvalue weighted by atomic mass is 16.7. The van der Waals surface area contributed by atoms with Crippen molar-refractivity contribution in [2.45, 2.75) is 67.3 Å². The van der Waals surface area contributed by atoms with E-state index in [0.717, 1.165) is 12.8 Å². The van der Waals surface area contributed by atoms with Gasteiger partial charge in [0, 0.05) is 13.1 Å².